The normalized spacial score (nSPS) is 13.8. The Morgan fingerprint density at radius 3 is 2.75 bits per heavy atom. The van der Waals surface area contributed by atoms with E-state index < -0.39 is 0 Å². The quantitative estimate of drug-likeness (QED) is 0.722. The summed E-state index contributed by atoms with van der Waals surface area (Å²) >= 11 is 0. The number of rotatable bonds is 5. The Morgan fingerprint density at radius 1 is 1.12 bits per heavy atom. The van der Waals surface area contributed by atoms with Crippen LogP contribution in [0, 0.1) is 0 Å². The Hall–Kier alpha value is -1.26. The number of hydrogen-bond acceptors (Lipinski definition) is 4. The summed E-state index contributed by atoms with van der Waals surface area (Å²) in [6, 6.07) is 6.09. The van der Waals surface area contributed by atoms with Gasteiger partial charge in [0.1, 0.15) is 13.2 Å². The van der Waals surface area contributed by atoms with Crippen LogP contribution in [0.2, 0.25) is 0 Å². The molecule has 1 aromatic rings. The largest absolute Gasteiger partial charge is 0.486 e. The van der Waals surface area contributed by atoms with Gasteiger partial charge in [0.2, 0.25) is 0 Å². The van der Waals surface area contributed by atoms with Crippen LogP contribution in [-0.2, 0) is 6.54 Å². The minimum atomic E-state index is 0.642. The summed E-state index contributed by atoms with van der Waals surface area (Å²) in [5.74, 6) is 1.71. The van der Waals surface area contributed by atoms with Gasteiger partial charge in [0.05, 0.1) is 0 Å². The van der Waals surface area contributed by atoms with Gasteiger partial charge in [-0.15, -0.1) is 0 Å². The summed E-state index contributed by atoms with van der Waals surface area (Å²) < 4.78 is 11.0. The Labute approximate surface area is 95.9 Å². The summed E-state index contributed by atoms with van der Waals surface area (Å²) in [5.41, 5.74) is 1.22. The molecule has 88 valence electrons. The van der Waals surface area contributed by atoms with Crippen molar-refractivity contribution in [1.82, 2.24) is 10.6 Å². The van der Waals surface area contributed by atoms with Crippen LogP contribution < -0.4 is 20.1 Å². The van der Waals surface area contributed by atoms with Crippen molar-refractivity contribution in [2.75, 3.05) is 33.4 Å². The topological polar surface area (TPSA) is 42.5 Å². The zero-order chi connectivity index (χ0) is 11.2. The van der Waals surface area contributed by atoms with Gasteiger partial charge in [-0.05, 0) is 24.7 Å². The second kappa shape index (κ2) is 5.72. The first-order valence-corrected chi connectivity index (χ1v) is 5.64. The van der Waals surface area contributed by atoms with Gasteiger partial charge in [0, 0.05) is 19.6 Å². The molecule has 0 aliphatic carbocycles. The van der Waals surface area contributed by atoms with Crippen LogP contribution in [0.25, 0.3) is 0 Å². The van der Waals surface area contributed by atoms with Crippen molar-refractivity contribution in [2.45, 2.75) is 6.54 Å². The average Bonchev–Trinajstić information content (AvgIpc) is 2.34. The molecule has 0 atom stereocenters. The summed E-state index contributed by atoms with van der Waals surface area (Å²) in [5, 5.41) is 6.45. The first-order chi connectivity index (χ1) is 7.90. The second-order valence-electron chi connectivity index (χ2n) is 3.76. The van der Waals surface area contributed by atoms with Gasteiger partial charge in [-0.3, -0.25) is 0 Å². The van der Waals surface area contributed by atoms with Crippen molar-refractivity contribution in [1.29, 1.82) is 0 Å². The van der Waals surface area contributed by atoms with E-state index in [9.17, 15) is 0 Å². The van der Waals surface area contributed by atoms with Gasteiger partial charge in [-0.2, -0.15) is 0 Å². The summed E-state index contributed by atoms with van der Waals surface area (Å²) in [6.07, 6.45) is 0. The van der Waals surface area contributed by atoms with E-state index >= 15 is 0 Å². The molecule has 0 aromatic heterocycles. The first kappa shape index (κ1) is 11.2. The van der Waals surface area contributed by atoms with Crippen molar-refractivity contribution in [3.63, 3.8) is 0 Å². The molecule has 0 bridgehead atoms. The van der Waals surface area contributed by atoms with Crippen molar-refractivity contribution < 1.29 is 9.47 Å². The predicted molar refractivity (Wildman–Crippen MR) is 63.1 cm³/mol. The number of fused-ring (bicyclic) bond motifs is 1. The lowest BCUT2D eigenvalue weighted by Crippen LogP contribution is -2.24. The molecule has 0 saturated heterocycles. The van der Waals surface area contributed by atoms with Crippen LogP contribution >= 0.6 is 0 Å². The summed E-state index contributed by atoms with van der Waals surface area (Å²) in [7, 11) is 1.95. The van der Waals surface area contributed by atoms with E-state index in [0.29, 0.717) is 13.2 Å². The highest BCUT2D eigenvalue weighted by Crippen LogP contribution is 2.30. The van der Waals surface area contributed by atoms with Crippen LogP contribution in [-0.4, -0.2) is 33.4 Å². The molecule has 1 aromatic carbocycles. The smallest absolute Gasteiger partial charge is 0.161 e. The van der Waals surface area contributed by atoms with Crippen molar-refractivity contribution in [3.8, 4) is 11.5 Å². The Kier molecular flexibility index (Phi) is 4.02. The SMILES string of the molecule is CNCCNCc1ccc2c(c1)OCCO2. The van der Waals surface area contributed by atoms with Gasteiger partial charge < -0.3 is 20.1 Å². The number of likely N-dealkylation sites (N-methyl/N-ethyl adjacent to an activating group) is 1. The Balaban J connectivity index is 1.90. The molecule has 0 fully saturated rings. The number of ether oxygens (including phenoxy) is 2. The van der Waals surface area contributed by atoms with E-state index in [1.54, 1.807) is 0 Å². The molecule has 4 nitrogen and oxygen atoms in total. The van der Waals surface area contributed by atoms with Gasteiger partial charge in [-0.25, -0.2) is 0 Å². The molecular weight excluding hydrogens is 204 g/mol. The van der Waals surface area contributed by atoms with E-state index in [4.69, 9.17) is 9.47 Å². The van der Waals surface area contributed by atoms with Crippen LogP contribution in [0.1, 0.15) is 5.56 Å². The Morgan fingerprint density at radius 2 is 1.94 bits per heavy atom. The molecule has 1 aliphatic heterocycles. The minimum Gasteiger partial charge on any atom is -0.486 e. The first-order valence-electron chi connectivity index (χ1n) is 5.64. The molecule has 0 radical (unpaired) electrons. The molecule has 1 heterocycles. The lowest BCUT2D eigenvalue weighted by atomic mass is 10.2. The van der Waals surface area contributed by atoms with Crippen molar-refractivity contribution in [2.24, 2.45) is 0 Å². The lowest BCUT2D eigenvalue weighted by molar-refractivity contribution is 0.171. The lowest BCUT2D eigenvalue weighted by Gasteiger charge is -2.18. The zero-order valence-corrected chi connectivity index (χ0v) is 9.58. The summed E-state index contributed by atoms with van der Waals surface area (Å²) in [6.45, 7) is 4.09. The fourth-order valence-electron chi connectivity index (χ4n) is 1.64. The maximum Gasteiger partial charge on any atom is 0.161 e. The number of hydrogen-bond donors (Lipinski definition) is 2. The predicted octanol–water partition coefficient (Wildman–Crippen LogP) is 0.767. The maximum absolute atomic E-state index is 5.53. The van der Waals surface area contributed by atoms with Gasteiger partial charge in [0.15, 0.2) is 11.5 Å². The number of benzene rings is 1. The molecular formula is C12H18N2O2. The third-order valence-corrected chi connectivity index (χ3v) is 2.49. The van der Waals surface area contributed by atoms with Crippen LogP contribution in [0.3, 0.4) is 0 Å². The van der Waals surface area contributed by atoms with Crippen LogP contribution in [0.4, 0.5) is 0 Å². The van der Waals surface area contributed by atoms with E-state index in [2.05, 4.69) is 16.7 Å². The van der Waals surface area contributed by atoms with Crippen LogP contribution in [0.15, 0.2) is 18.2 Å². The molecule has 0 unspecified atom stereocenters. The van der Waals surface area contributed by atoms with Gasteiger partial charge >= 0.3 is 0 Å². The van der Waals surface area contributed by atoms with Crippen molar-refractivity contribution in [3.05, 3.63) is 23.8 Å². The molecule has 16 heavy (non-hydrogen) atoms. The number of nitrogens with one attached hydrogen (secondary N) is 2. The van der Waals surface area contributed by atoms with Gasteiger partial charge in [-0.1, -0.05) is 6.07 Å². The average molecular weight is 222 g/mol. The fourth-order valence-corrected chi connectivity index (χ4v) is 1.64. The summed E-state index contributed by atoms with van der Waals surface area (Å²) in [4.78, 5) is 0. The van der Waals surface area contributed by atoms with E-state index in [1.807, 2.05) is 19.2 Å². The second-order valence-corrected chi connectivity index (χ2v) is 3.76. The highest BCUT2D eigenvalue weighted by molar-refractivity contribution is 5.43. The van der Waals surface area contributed by atoms with Crippen molar-refractivity contribution >= 4 is 0 Å². The standard InChI is InChI=1S/C12H18N2O2/c1-13-4-5-14-9-10-2-3-11-12(8-10)16-7-6-15-11/h2-3,8,13-14H,4-7,9H2,1H3. The molecule has 4 heteroatoms. The van der Waals surface area contributed by atoms with E-state index in [0.717, 1.165) is 31.1 Å². The van der Waals surface area contributed by atoms with E-state index in [-0.39, 0.29) is 0 Å². The minimum absolute atomic E-state index is 0.642. The molecule has 0 amide bonds. The third-order valence-electron chi connectivity index (χ3n) is 2.49. The van der Waals surface area contributed by atoms with Crippen LogP contribution in [0.5, 0.6) is 11.5 Å². The highest BCUT2D eigenvalue weighted by Gasteiger charge is 2.11. The molecule has 2 N–H and O–H groups in total. The maximum atomic E-state index is 5.53. The molecule has 0 saturated carbocycles. The monoisotopic (exact) mass is 222 g/mol. The van der Waals surface area contributed by atoms with E-state index in [1.165, 1.54) is 5.56 Å². The Bertz CT molecular complexity index is 342. The third kappa shape index (κ3) is 2.87. The molecule has 0 spiro atoms. The molecule has 1 aliphatic rings. The molecule has 2 rings (SSSR count). The van der Waals surface area contributed by atoms with Gasteiger partial charge in [0.25, 0.3) is 0 Å². The zero-order valence-electron chi connectivity index (χ0n) is 9.58. The fraction of sp³-hybridized carbons (Fsp3) is 0.500. The highest BCUT2D eigenvalue weighted by atomic mass is 16.6.